The van der Waals surface area contributed by atoms with Crippen LogP contribution in [0.1, 0.15) is 11.1 Å². The second kappa shape index (κ2) is 6.89. The third-order valence-corrected chi connectivity index (χ3v) is 4.47. The Bertz CT molecular complexity index is 758. The van der Waals surface area contributed by atoms with E-state index in [0.29, 0.717) is 5.56 Å². The number of amides is 1. The van der Waals surface area contributed by atoms with Crippen LogP contribution in [-0.2, 0) is 27.0 Å². The molecular weight excluding hydrogens is 329 g/mol. The summed E-state index contributed by atoms with van der Waals surface area (Å²) in [6.07, 6.45) is -0.445. The van der Waals surface area contributed by atoms with Crippen molar-refractivity contribution < 1.29 is 17.6 Å². The molecule has 2 rings (SSSR count). The molecule has 7 heteroatoms. The largest absolute Gasteiger partial charge is 0.274 e. The van der Waals surface area contributed by atoms with Crippen molar-refractivity contribution >= 4 is 27.5 Å². The number of hydrogen-bond donors (Lipinski definition) is 1. The minimum absolute atomic E-state index is 0.0309. The topological polar surface area (TPSA) is 63.2 Å². The number of halogens is 2. The molecule has 0 radical (unpaired) electrons. The molecular formula is C15H13ClFNO3S. The molecule has 0 spiro atoms. The van der Waals surface area contributed by atoms with Crippen molar-refractivity contribution in [1.29, 1.82) is 0 Å². The van der Waals surface area contributed by atoms with Crippen LogP contribution in [0.2, 0.25) is 5.02 Å². The van der Waals surface area contributed by atoms with Gasteiger partial charge in [0.05, 0.1) is 12.2 Å². The predicted octanol–water partition coefficient (Wildman–Crippen LogP) is 2.67. The van der Waals surface area contributed by atoms with Crippen LogP contribution in [0.25, 0.3) is 0 Å². The van der Waals surface area contributed by atoms with Gasteiger partial charge in [-0.1, -0.05) is 48.0 Å². The van der Waals surface area contributed by atoms with Gasteiger partial charge in [-0.05, 0) is 17.7 Å². The summed E-state index contributed by atoms with van der Waals surface area (Å²) in [5.41, 5.74) is 0.517. The maximum Gasteiger partial charge on any atom is 0.239 e. The Labute approximate surface area is 133 Å². The van der Waals surface area contributed by atoms with E-state index in [9.17, 15) is 17.6 Å². The molecule has 1 N–H and O–H groups in total. The van der Waals surface area contributed by atoms with E-state index >= 15 is 0 Å². The Morgan fingerprint density at radius 3 is 2.41 bits per heavy atom. The van der Waals surface area contributed by atoms with Crippen LogP contribution in [0, 0.1) is 5.82 Å². The Balaban J connectivity index is 2.05. The fraction of sp³-hybridized carbons (Fsp3) is 0.133. The fourth-order valence-corrected chi connectivity index (χ4v) is 3.25. The van der Waals surface area contributed by atoms with Gasteiger partial charge in [0.1, 0.15) is 5.82 Å². The number of carbonyl (C=O) groups excluding carboxylic acids is 1. The van der Waals surface area contributed by atoms with Crippen molar-refractivity contribution in [2.24, 2.45) is 0 Å². The van der Waals surface area contributed by atoms with Gasteiger partial charge >= 0.3 is 0 Å². The average molecular weight is 342 g/mol. The lowest BCUT2D eigenvalue weighted by Gasteiger charge is -2.08. The molecule has 0 aliphatic rings. The van der Waals surface area contributed by atoms with Gasteiger partial charge < -0.3 is 0 Å². The van der Waals surface area contributed by atoms with Crippen LogP contribution in [-0.4, -0.2) is 14.3 Å². The van der Waals surface area contributed by atoms with Crippen molar-refractivity contribution in [3.05, 3.63) is 70.5 Å². The second-order valence-corrected chi connectivity index (χ2v) is 6.78. The van der Waals surface area contributed by atoms with Crippen LogP contribution in [0.5, 0.6) is 0 Å². The van der Waals surface area contributed by atoms with Crippen molar-refractivity contribution in [2.45, 2.75) is 12.2 Å². The maximum absolute atomic E-state index is 13.6. The quantitative estimate of drug-likeness (QED) is 0.909. The summed E-state index contributed by atoms with van der Waals surface area (Å²) in [5.74, 6) is -1.81. The van der Waals surface area contributed by atoms with Crippen LogP contribution in [0.3, 0.4) is 0 Å². The molecule has 2 aromatic carbocycles. The molecule has 0 unspecified atom stereocenters. The Kier molecular flexibility index (Phi) is 5.15. The van der Waals surface area contributed by atoms with Gasteiger partial charge in [0.15, 0.2) is 0 Å². The summed E-state index contributed by atoms with van der Waals surface area (Å²) >= 11 is 5.81. The number of carbonyl (C=O) groups is 1. The van der Waals surface area contributed by atoms with Gasteiger partial charge in [-0.15, -0.1) is 0 Å². The van der Waals surface area contributed by atoms with Crippen LogP contribution < -0.4 is 4.72 Å². The number of nitrogens with one attached hydrogen (secondary N) is 1. The average Bonchev–Trinajstić information content (AvgIpc) is 2.43. The number of rotatable bonds is 5. The summed E-state index contributed by atoms with van der Waals surface area (Å²) in [6.45, 7) is 0. The van der Waals surface area contributed by atoms with E-state index in [1.54, 1.807) is 30.3 Å². The molecule has 1 amide bonds. The minimum Gasteiger partial charge on any atom is -0.274 e. The van der Waals surface area contributed by atoms with Gasteiger partial charge in [0, 0.05) is 10.6 Å². The lowest BCUT2D eigenvalue weighted by atomic mass is 10.1. The summed E-state index contributed by atoms with van der Waals surface area (Å²) in [6, 6.07) is 12.4. The number of sulfonamides is 1. The first-order valence-corrected chi connectivity index (χ1v) is 8.40. The molecule has 0 atom stereocenters. The molecule has 2 aromatic rings. The molecule has 0 heterocycles. The normalized spacial score (nSPS) is 11.2. The van der Waals surface area contributed by atoms with Crippen LogP contribution in [0.15, 0.2) is 48.5 Å². The van der Waals surface area contributed by atoms with E-state index in [-0.39, 0.29) is 16.3 Å². The highest BCUT2D eigenvalue weighted by atomic mass is 35.5. The highest BCUT2D eigenvalue weighted by Gasteiger charge is 2.18. The first-order chi connectivity index (χ1) is 10.4. The Morgan fingerprint density at radius 2 is 1.77 bits per heavy atom. The van der Waals surface area contributed by atoms with Crippen molar-refractivity contribution in [3.63, 3.8) is 0 Å². The fourth-order valence-electron chi connectivity index (χ4n) is 1.90. The zero-order chi connectivity index (χ0) is 16.2. The minimum atomic E-state index is -3.84. The smallest absolute Gasteiger partial charge is 0.239 e. The molecule has 0 aromatic heterocycles. The van der Waals surface area contributed by atoms with Gasteiger partial charge in [0.25, 0.3) is 0 Å². The predicted molar refractivity (Wildman–Crippen MR) is 82.3 cm³/mol. The summed E-state index contributed by atoms with van der Waals surface area (Å²) in [4.78, 5) is 11.8. The molecule has 0 saturated heterocycles. The Morgan fingerprint density at radius 1 is 1.09 bits per heavy atom. The van der Waals surface area contributed by atoms with E-state index in [1.807, 2.05) is 4.72 Å². The highest BCUT2D eigenvalue weighted by molar-refractivity contribution is 7.89. The van der Waals surface area contributed by atoms with E-state index in [1.165, 1.54) is 12.1 Å². The second-order valence-electron chi connectivity index (χ2n) is 4.65. The van der Waals surface area contributed by atoms with Gasteiger partial charge in [-0.3, -0.25) is 9.52 Å². The molecule has 22 heavy (non-hydrogen) atoms. The number of benzene rings is 2. The van der Waals surface area contributed by atoms with E-state index in [4.69, 9.17) is 11.6 Å². The SMILES string of the molecule is O=C(Cc1c(F)cccc1Cl)NS(=O)(=O)Cc1ccccc1. The molecule has 0 aliphatic heterocycles. The van der Waals surface area contributed by atoms with Crippen LogP contribution >= 0.6 is 11.6 Å². The van der Waals surface area contributed by atoms with Crippen LogP contribution in [0.4, 0.5) is 4.39 Å². The molecule has 0 aliphatic carbocycles. The molecule has 4 nitrogen and oxygen atoms in total. The lowest BCUT2D eigenvalue weighted by Crippen LogP contribution is -2.33. The summed E-state index contributed by atoms with van der Waals surface area (Å²) in [7, 11) is -3.84. The molecule has 0 bridgehead atoms. The van der Waals surface area contributed by atoms with E-state index < -0.39 is 28.2 Å². The lowest BCUT2D eigenvalue weighted by molar-refractivity contribution is -0.118. The molecule has 0 fully saturated rings. The first-order valence-electron chi connectivity index (χ1n) is 6.37. The van der Waals surface area contributed by atoms with Crippen molar-refractivity contribution in [3.8, 4) is 0 Å². The van der Waals surface area contributed by atoms with Crippen molar-refractivity contribution in [1.82, 2.24) is 4.72 Å². The van der Waals surface area contributed by atoms with Gasteiger partial charge in [-0.25, -0.2) is 12.8 Å². The maximum atomic E-state index is 13.6. The number of hydrogen-bond acceptors (Lipinski definition) is 3. The Hall–Kier alpha value is -1.92. The monoisotopic (exact) mass is 341 g/mol. The highest BCUT2D eigenvalue weighted by Crippen LogP contribution is 2.19. The molecule has 116 valence electrons. The summed E-state index contributed by atoms with van der Waals surface area (Å²) < 4.78 is 39.3. The zero-order valence-corrected chi connectivity index (χ0v) is 13.0. The summed E-state index contributed by atoms with van der Waals surface area (Å²) in [5, 5.41) is 0.0793. The molecule has 0 saturated carbocycles. The van der Waals surface area contributed by atoms with E-state index in [0.717, 1.165) is 6.07 Å². The standard InChI is InChI=1S/C15H13ClFNO3S/c16-13-7-4-8-14(17)12(13)9-15(19)18-22(20,21)10-11-5-2-1-3-6-11/h1-8H,9-10H2,(H,18,19). The first kappa shape index (κ1) is 16.5. The van der Waals surface area contributed by atoms with Gasteiger partial charge in [-0.2, -0.15) is 0 Å². The van der Waals surface area contributed by atoms with Gasteiger partial charge in [0.2, 0.25) is 15.9 Å². The van der Waals surface area contributed by atoms with E-state index in [2.05, 4.69) is 0 Å². The third-order valence-electron chi connectivity index (χ3n) is 2.87. The van der Waals surface area contributed by atoms with Crippen molar-refractivity contribution in [2.75, 3.05) is 0 Å². The zero-order valence-electron chi connectivity index (χ0n) is 11.4. The third kappa shape index (κ3) is 4.54.